The van der Waals surface area contributed by atoms with Gasteiger partial charge in [0.05, 0.1) is 35.4 Å². The number of aryl methyl sites for hydroxylation is 1. The van der Waals surface area contributed by atoms with Gasteiger partial charge in [0.1, 0.15) is 0 Å². The van der Waals surface area contributed by atoms with E-state index in [9.17, 15) is 4.79 Å². The molecule has 7 nitrogen and oxygen atoms in total. The molecule has 1 amide bonds. The van der Waals surface area contributed by atoms with Gasteiger partial charge >= 0.3 is 0 Å². The number of pyridine rings is 1. The maximum Gasteiger partial charge on any atom is 0.254 e. The third-order valence-corrected chi connectivity index (χ3v) is 6.55. The van der Waals surface area contributed by atoms with Crippen LogP contribution in [0.1, 0.15) is 74.1 Å². The number of nitrogens with zero attached hydrogens (tertiary/aromatic N) is 4. The molecular weight excluding hydrogens is 380 g/mol. The maximum atomic E-state index is 13.6. The molecule has 4 heterocycles. The lowest BCUT2D eigenvalue weighted by molar-refractivity contribution is -0.0956. The van der Waals surface area contributed by atoms with Gasteiger partial charge in [-0.15, -0.1) is 0 Å². The molecule has 0 aromatic carbocycles. The van der Waals surface area contributed by atoms with Crippen LogP contribution in [0, 0.1) is 12.8 Å². The van der Waals surface area contributed by atoms with Gasteiger partial charge in [0.25, 0.3) is 5.91 Å². The average molecular weight is 413 g/mol. The predicted molar refractivity (Wildman–Crippen MR) is 114 cm³/mol. The second-order valence-corrected chi connectivity index (χ2v) is 9.98. The first-order valence-corrected chi connectivity index (χ1v) is 11.3. The van der Waals surface area contributed by atoms with Gasteiger partial charge < -0.3 is 14.4 Å². The molecule has 3 aliphatic rings. The van der Waals surface area contributed by atoms with Crippen molar-refractivity contribution in [1.82, 2.24) is 19.7 Å². The molecule has 30 heavy (non-hydrogen) atoms. The van der Waals surface area contributed by atoms with Gasteiger partial charge in [-0.25, -0.2) is 9.67 Å². The summed E-state index contributed by atoms with van der Waals surface area (Å²) >= 11 is 0. The van der Waals surface area contributed by atoms with Crippen molar-refractivity contribution in [3.8, 4) is 0 Å². The van der Waals surface area contributed by atoms with E-state index >= 15 is 0 Å². The summed E-state index contributed by atoms with van der Waals surface area (Å²) in [5, 5.41) is 5.69. The zero-order valence-corrected chi connectivity index (χ0v) is 18.5. The highest BCUT2D eigenvalue weighted by Crippen LogP contribution is 2.41. The van der Waals surface area contributed by atoms with E-state index in [0.29, 0.717) is 25.0 Å². The molecule has 2 aromatic heterocycles. The second kappa shape index (κ2) is 7.31. The monoisotopic (exact) mass is 412 g/mol. The Morgan fingerprint density at radius 3 is 2.37 bits per heavy atom. The molecule has 5 rings (SSSR count). The van der Waals surface area contributed by atoms with Gasteiger partial charge in [-0.2, -0.15) is 5.10 Å². The number of carbonyl (C=O) groups excluding carboxylic acids is 1. The minimum absolute atomic E-state index is 0.0939. The number of hydrogen-bond acceptors (Lipinski definition) is 5. The number of hydrogen-bond donors (Lipinski definition) is 0. The number of ether oxygens (including phenoxy) is 2. The van der Waals surface area contributed by atoms with E-state index in [2.05, 4.69) is 20.8 Å². The molecule has 7 heteroatoms. The molecule has 0 N–H and O–H groups in total. The van der Waals surface area contributed by atoms with Crippen LogP contribution in [-0.2, 0) is 15.0 Å². The van der Waals surface area contributed by atoms with Gasteiger partial charge in [0.15, 0.2) is 11.9 Å². The quantitative estimate of drug-likeness (QED) is 0.770. The third kappa shape index (κ3) is 3.52. The molecule has 1 aliphatic carbocycles. The molecule has 0 atom stereocenters. The van der Waals surface area contributed by atoms with Gasteiger partial charge in [-0.3, -0.25) is 4.79 Å². The SMILES string of the molecule is Cc1nn(C(C)(C)C)c2nc(C3CC3)cc(C(=O)N3CCC(C4OCCO4)CC3)c12. The fourth-order valence-corrected chi connectivity index (χ4v) is 4.73. The normalized spacial score (nSPS) is 21.7. The van der Waals surface area contributed by atoms with Crippen molar-refractivity contribution < 1.29 is 14.3 Å². The molecule has 0 spiro atoms. The van der Waals surface area contributed by atoms with Crippen molar-refractivity contribution in [1.29, 1.82) is 0 Å². The van der Waals surface area contributed by atoms with Crippen LogP contribution in [0.4, 0.5) is 0 Å². The molecule has 2 saturated heterocycles. The number of likely N-dealkylation sites (tertiary alicyclic amines) is 1. The topological polar surface area (TPSA) is 69.5 Å². The van der Waals surface area contributed by atoms with E-state index < -0.39 is 0 Å². The smallest absolute Gasteiger partial charge is 0.254 e. The molecular formula is C23H32N4O3. The van der Waals surface area contributed by atoms with Gasteiger partial charge in [0.2, 0.25) is 0 Å². The molecule has 3 fully saturated rings. The summed E-state index contributed by atoms with van der Waals surface area (Å²) in [5.41, 5.74) is 3.33. The van der Waals surface area contributed by atoms with E-state index in [0.717, 1.165) is 66.8 Å². The molecule has 0 radical (unpaired) electrons. The zero-order chi connectivity index (χ0) is 21.0. The Kier molecular flexibility index (Phi) is 4.86. The van der Waals surface area contributed by atoms with Gasteiger partial charge in [-0.1, -0.05) is 0 Å². The van der Waals surface area contributed by atoms with E-state index in [4.69, 9.17) is 19.6 Å². The van der Waals surface area contributed by atoms with E-state index in [1.807, 2.05) is 22.6 Å². The van der Waals surface area contributed by atoms with Crippen LogP contribution in [-0.4, -0.2) is 58.2 Å². The largest absolute Gasteiger partial charge is 0.350 e. The Morgan fingerprint density at radius 2 is 1.77 bits per heavy atom. The minimum Gasteiger partial charge on any atom is -0.350 e. The average Bonchev–Trinajstić information content (AvgIpc) is 3.31. The number of amides is 1. The summed E-state index contributed by atoms with van der Waals surface area (Å²) < 4.78 is 13.4. The summed E-state index contributed by atoms with van der Waals surface area (Å²) in [6.07, 6.45) is 4.05. The van der Waals surface area contributed by atoms with Crippen LogP contribution in [0.3, 0.4) is 0 Å². The van der Waals surface area contributed by atoms with Crippen molar-refractivity contribution in [2.24, 2.45) is 5.92 Å². The van der Waals surface area contributed by atoms with E-state index in [1.54, 1.807) is 0 Å². The van der Waals surface area contributed by atoms with Crippen molar-refractivity contribution in [3.05, 3.63) is 23.0 Å². The first kappa shape index (κ1) is 19.9. The Balaban J connectivity index is 1.47. The summed E-state index contributed by atoms with van der Waals surface area (Å²) in [6.45, 7) is 11.2. The van der Waals surface area contributed by atoms with Crippen LogP contribution < -0.4 is 0 Å². The predicted octanol–water partition coefficient (Wildman–Crippen LogP) is 3.60. The van der Waals surface area contributed by atoms with Crippen LogP contribution in [0.25, 0.3) is 11.0 Å². The minimum atomic E-state index is -0.193. The Morgan fingerprint density at radius 1 is 1.10 bits per heavy atom. The highest BCUT2D eigenvalue weighted by Gasteiger charge is 2.35. The van der Waals surface area contributed by atoms with Crippen molar-refractivity contribution in [2.45, 2.75) is 71.1 Å². The van der Waals surface area contributed by atoms with E-state index in [1.165, 1.54) is 0 Å². The van der Waals surface area contributed by atoms with Crippen LogP contribution in [0.2, 0.25) is 0 Å². The third-order valence-electron chi connectivity index (χ3n) is 6.55. The number of piperidine rings is 1. The summed E-state index contributed by atoms with van der Waals surface area (Å²) in [7, 11) is 0. The highest BCUT2D eigenvalue weighted by molar-refractivity contribution is 6.06. The first-order chi connectivity index (χ1) is 14.3. The number of aromatic nitrogens is 3. The summed E-state index contributed by atoms with van der Waals surface area (Å²) in [6, 6.07) is 2.04. The van der Waals surface area contributed by atoms with Crippen LogP contribution in [0.15, 0.2) is 6.07 Å². The van der Waals surface area contributed by atoms with Gasteiger partial charge in [-0.05, 0) is 59.4 Å². The Labute approximate surface area is 177 Å². The lowest BCUT2D eigenvalue weighted by Crippen LogP contribution is -2.41. The Hall–Kier alpha value is -1.99. The lowest BCUT2D eigenvalue weighted by Gasteiger charge is -2.34. The van der Waals surface area contributed by atoms with E-state index in [-0.39, 0.29) is 17.7 Å². The molecule has 162 valence electrons. The fourth-order valence-electron chi connectivity index (χ4n) is 4.73. The summed E-state index contributed by atoms with van der Waals surface area (Å²) in [5.74, 6) is 0.959. The Bertz CT molecular complexity index is 959. The molecule has 2 aromatic rings. The van der Waals surface area contributed by atoms with Crippen LogP contribution >= 0.6 is 0 Å². The molecule has 0 bridgehead atoms. The maximum absolute atomic E-state index is 13.6. The molecule has 0 unspecified atom stereocenters. The number of carbonyl (C=O) groups is 1. The standard InChI is InChI=1S/C23H32N4O3/c1-14-19-17(21(28)26-9-7-16(8-10-26)22-29-11-12-30-22)13-18(15-5-6-15)24-20(19)27(25-14)23(2,3)4/h13,15-16,22H,5-12H2,1-4H3. The number of fused-ring (bicyclic) bond motifs is 1. The number of rotatable bonds is 3. The fraction of sp³-hybridized carbons (Fsp3) is 0.696. The second-order valence-electron chi connectivity index (χ2n) is 9.98. The summed E-state index contributed by atoms with van der Waals surface area (Å²) in [4.78, 5) is 20.6. The lowest BCUT2D eigenvalue weighted by atomic mass is 9.95. The van der Waals surface area contributed by atoms with Crippen molar-refractivity contribution in [2.75, 3.05) is 26.3 Å². The highest BCUT2D eigenvalue weighted by atomic mass is 16.7. The van der Waals surface area contributed by atoms with Crippen molar-refractivity contribution >= 4 is 16.9 Å². The zero-order valence-electron chi connectivity index (χ0n) is 18.5. The molecule has 1 saturated carbocycles. The molecule has 2 aliphatic heterocycles. The first-order valence-electron chi connectivity index (χ1n) is 11.3. The van der Waals surface area contributed by atoms with Crippen molar-refractivity contribution in [3.63, 3.8) is 0 Å². The van der Waals surface area contributed by atoms with Crippen LogP contribution in [0.5, 0.6) is 0 Å². The van der Waals surface area contributed by atoms with Gasteiger partial charge in [0, 0.05) is 30.6 Å².